The summed E-state index contributed by atoms with van der Waals surface area (Å²) < 4.78 is 21.5. The van der Waals surface area contributed by atoms with Crippen LogP contribution in [0.25, 0.3) is 0 Å². The van der Waals surface area contributed by atoms with Gasteiger partial charge in [-0.2, -0.15) is 0 Å². The van der Waals surface area contributed by atoms with E-state index in [-0.39, 0.29) is 5.03 Å². The first-order valence-corrected chi connectivity index (χ1v) is 4.72. The maximum Gasteiger partial charge on any atom is 0.255 e. The van der Waals surface area contributed by atoms with Crippen LogP contribution in [0.4, 0.5) is 5.69 Å². The minimum atomic E-state index is -3.71. The number of nitrogens with zero attached hydrogens (tertiary/aromatic N) is 1. The van der Waals surface area contributed by atoms with Crippen LogP contribution in [0.3, 0.4) is 0 Å². The standard InChI is InChI=1S/C6H9N3O2S/c1-4-5(7)2-3-6(9-4)12(8,10)11/h2-3H,7H2,1H3,(H2,8,10,11). The molecule has 0 radical (unpaired) electrons. The molecule has 0 aromatic carbocycles. The summed E-state index contributed by atoms with van der Waals surface area (Å²) in [4.78, 5) is 3.71. The van der Waals surface area contributed by atoms with Gasteiger partial charge in [0.25, 0.3) is 10.0 Å². The highest BCUT2D eigenvalue weighted by Crippen LogP contribution is 2.10. The summed E-state index contributed by atoms with van der Waals surface area (Å²) in [7, 11) is -3.71. The van der Waals surface area contributed by atoms with Crippen LogP contribution in [0.15, 0.2) is 17.2 Å². The zero-order valence-corrected chi connectivity index (χ0v) is 7.30. The van der Waals surface area contributed by atoms with Crippen LogP contribution >= 0.6 is 0 Å². The van der Waals surface area contributed by atoms with Gasteiger partial charge in [0.2, 0.25) is 0 Å². The lowest BCUT2D eigenvalue weighted by molar-refractivity contribution is 0.594. The summed E-state index contributed by atoms with van der Waals surface area (Å²) in [6, 6.07) is 2.74. The average molecular weight is 187 g/mol. The molecule has 0 unspecified atom stereocenters. The van der Waals surface area contributed by atoms with Crippen molar-refractivity contribution in [2.45, 2.75) is 11.9 Å². The molecule has 0 fully saturated rings. The number of primary sulfonamides is 1. The largest absolute Gasteiger partial charge is 0.397 e. The van der Waals surface area contributed by atoms with Crippen molar-refractivity contribution in [3.05, 3.63) is 17.8 Å². The lowest BCUT2D eigenvalue weighted by atomic mass is 10.3. The van der Waals surface area contributed by atoms with Crippen molar-refractivity contribution in [2.24, 2.45) is 5.14 Å². The van der Waals surface area contributed by atoms with E-state index in [9.17, 15) is 8.42 Å². The van der Waals surface area contributed by atoms with Gasteiger partial charge < -0.3 is 5.73 Å². The molecule has 66 valence electrons. The Bertz CT molecular complexity index is 399. The highest BCUT2D eigenvalue weighted by atomic mass is 32.2. The van der Waals surface area contributed by atoms with Crippen LogP contribution in [-0.2, 0) is 10.0 Å². The molecular formula is C6H9N3O2S. The SMILES string of the molecule is Cc1nc(S(N)(=O)=O)ccc1N. The van der Waals surface area contributed by atoms with Gasteiger partial charge in [-0.25, -0.2) is 18.5 Å². The van der Waals surface area contributed by atoms with Gasteiger partial charge in [0.05, 0.1) is 11.4 Å². The number of nitrogen functional groups attached to an aromatic ring is 1. The molecule has 0 aliphatic rings. The van der Waals surface area contributed by atoms with E-state index in [1.54, 1.807) is 6.92 Å². The first-order valence-electron chi connectivity index (χ1n) is 3.17. The number of hydrogen-bond acceptors (Lipinski definition) is 4. The fraction of sp³-hybridized carbons (Fsp3) is 0.167. The Morgan fingerprint density at radius 3 is 2.42 bits per heavy atom. The smallest absolute Gasteiger partial charge is 0.255 e. The Balaban J connectivity index is 3.33. The van der Waals surface area contributed by atoms with Crippen LogP contribution in [0.5, 0.6) is 0 Å². The quantitative estimate of drug-likeness (QED) is 0.626. The van der Waals surface area contributed by atoms with Gasteiger partial charge in [0, 0.05) is 0 Å². The maximum atomic E-state index is 10.8. The number of sulfonamides is 1. The molecule has 0 atom stereocenters. The Hall–Kier alpha value is -1.14. The summed E-state index contributed by atoms with van der Waals surface area (Å²) in [5.41, 5.74) is 6.34. The van der Waals surface area contributed by atoms with Gasteiger partial charge in [-0.05, 0) is 19.1 Å². The summed E-state index contributed by atoms with van der Waals surface area (Å²) in [6.45, 7) is 1.62. The van der Waals surface area contributed by atoms with E-state index in [0.717, 1.165) is 0 Å². The number of hydrogen-bond donors (Lipinski definition) is 2. The first-order chi connectivity index (χ1) is 5.41. The lowest BCUT2D eigenvalue weighted by Crippen LogP contribution is -2.14. The molecule has 12 heavy (non-hydrogen) atoms. The third kappa shape index (κ3) is 1.72. The maximum absolute atomic E-state index is 10.8. The van der Waals surface area contributed by atoms with E-state index < -0.39 is 10.0 Å². The molecule has 1 heterocycles. The fourth-order valence-corrected chi connectivity index (χ4v) is 1.23. The Morgan fingerprint density at radius 1 is 1.42 bits per heavy atom. The average Bonchev–Trinajstić information content (AvgIpc) is 1.92. The normalized spacial score (nSPS) is 11.5. The van der Waals surface area contributed by atoms with Gasteiger partial charge in [-0.3, -0.25) is 0 Å². The van der Waals surface area contributed by atoms with Crippen LogP contribution < -0.4 is 10.9 Å². The molecule has 0 bridgehead atoms. The minimum Gasteiger partial charge on any atom is -0.397 e. The predicted molar refractivity (Wildman–Crippen MR) is 44.8 cm³/mol. The number of rotatable bonds is 1. The first kappa shape index (κ1) is 8.95. The predicted octanol–water partition coefficient (Wildman–Crippen LogP) is -0.380. The minimum absolute atomic E-state index is 0.158. The van der Waals surface area contributed by atoms with Crippen molar-refractivity contribution >= 4 is 15.7 Å². The Labute approximate surface area is 70.5 Å². The van der Waals surface area contributed by atoms with Gasteiger partial charge in [0.1, 0.15) is 0 Å². The van der Waals surface area contributed by atoms with E-state index in [4.69, 9.17) is 10.9 Å². The summed E-state index contributed by atoms with van der Waals surface area (Å²) in [6.07, 6.45) is 0. The zero-order chi connectivity index (χ0) is 9.35. The second-order valence-electron chi connectivity index (χ2n) is 2.37. The molecule has 1 rings (SSSR count). The second-order valence-corrected chi connectivity index (χ2v) is 3.88. The lowest BCUT2D eigenvalue weighted by Gasteiger charge is -2.00. The third-order valence-electron chi connectivity index (χ3n) is 1.39. The summed E-state index contributed by atoms with van der Waals surface area (Å²) in [5, 5.41) is 4.69. The van der Waals surface area contributed by atoms with E-state index in [0.29, 0.717) is 11.4 Å². The molecule has 5 nitrogen and oxygen atoms in total. The van der Waals surface area contributed by atoms with E-state index in [2.05, 4.69) is 4.98 Å². The van der Waals surface area contributed by atoms with Gasteiger partial charge in [0.15, 0.2) is 5.03 Å². The molecule has 1 aromatic heterocycles. The summed E-state index contributed by atoms with van der Waals surface area (Å²) in [5.74, 6) is 0. The van der Waals surface area contributed by atoms with Crippen molar-refractivity contribution in [3.63, 3.8) is 0 Å². The molecule has 0 saturated heterocycles. The molecule has 4 N–H and O–H groups in total. The number of nitrogens with two attached hydrogens (primary N) is 2. The summed E-state index contributed by atoms with van der Waals surface area (Å²) >= 11 is 0. The molecular weight excluding hydrogens is 178 g/mol. The van der Waals surface area contributed by atoms with E-state index in [1.165, 1.54) is 12.1 Å². The van der Waals surface area contributed by atoms with Crippen LogP contribution in [0, 0.1) is 6.92 Å². The fourth-order valence-electron chi connectivity index (χ4n) is 0.707. The molecule has 6 heteroatoms. The monoisotopic (exact) mass is 187 g/mol. The number of pyridine rings is 1. The molecule has 0 amide bonds. The van der Waals surface area contributed by atoms with Crippen molar-refractivity contribution in [2.75, 3.05) is 5.73 Å². The number of anilines is 1. The molecule has 0 spiro atoms. The van der Waals surface area contributed by atoms with Crippen LogP contribution in [0.2, 0.25) is 0 Å². The molecule has 1 aromatic rings. The van der Waals surface area contributed by atoms with Crippen molar-refractivity contribution in [1.29, 1.82) is 0 Å². The van der Waals surface area contributed by atoms with Gasteiger partial charge in [-0.1, -0.05) is 0 Å². The van der Waals surface area contributed by atoms with E-state index >= 15 is 0 Å². The highest BCUT2D eigenvalue weighted by Gasteiger charge is 2.09. The molecule has 0 aliphatic heterocycles. The molecule has 0 saturated carbocycles. The molecule has 0 aliphatic carbocycles. The van der Waals surface area contributed by atoms with Crippen molar-refractivity contribution < 1.29 is 8.42 Å². The Morgan fingerprint density at radius 2 is 2.00 bits per heavy atom. The van der Waals surface area contributed by atoms with Crippen molar-refractivity contribution in [3.8, 4) is 0 Å². The third-order valence-corrected chi connectivity index (χ3v) is 2.20. The van der Waals surface area contributed by atoms with Crippen molar-refractivity contribution in [1.82, 2.24) is 4.98 Å². The van der Waals surface area contributed by atoms with Gasteiger partial charge >= 0.3 is 0 Å². The van der Waals surface area contributed by atoms with Crippen LogP contribution in [-0.4, -0.2) is 13.4 Å². The van der Waals surface area contributed by atoms with Crippen LogP contribution in [0.1, 0.15) is 5.69 Å². The number of aromatic nitrogens is 1. The second kappa shape index (κ2) is 2.72. The number of aryl methyl sites for hydroxylation is 1. The zero-order valence-electron chi connectivity index (χ0n) is 6.48. The van der Waals surface area contributed by atoms with Gasteiger partial charge in [-0.15, -0.1) is 0 Å². The Kier molecular flexibility index (Phi) is 2.03. The highest BCUT2D eigenvalue weighted by molar-refractivity contribution is 7.89. The van der Waals surface area contributed by atoms with E-state index in [1.807, 2.05) is 0 Å². The topological polar surface area (TPSA) is 99.1 Å².